The number of hydrogen-bond donors (Lipinski definition) is 0. The van der Waals surface area contributed by atoms with Crippen molar-refractivity contribution in [2.45, 2.75) is 53.2 Å². The molecule has 0 N–H and O–H groups in total. The molecule has 0 aliphatic carbocycles. The molecule has 0 spiro atoms. The van der Waals surface area contributed by atoms with Crippen LogP contribution < -0.4 is 0 Å². The van der Waals surface area contributed by atoms with E-state index in [1.165, 1.54) is 6.92 Å². The summed E-state index contributed by atoms with van der Waals surface area (Å²) in [6, 6.07) is 0. The minimum Gasteiger partial charge on any atom is -0.463 e. The van der Waals surface area contributed by atoms with E-state index in [0.29, 0.717) is 6.42 Å². The van der Waals surface area contributed by atoms with Crippen LogP contribution >= 0.6 is 0 Å². The number of carbonyl (C=O) groups is 2. The maximum Gasteiger partial charge on any atom is 0.312 e. The Bertz CT molecular complexity index is 223. The van der Waals surface area contributed by atoms with Crippen LogP contribution in [0.4, 0.5) is 0 Å². The third-order valence-electron chi connectivity index (χ3n) is 2.00. The Morgan fingerprint density at radius 1 is 1.13 bits per heavy atom. The summed E-state index contributed by atoms with van der Waals surface area (Å²) in [5.41, 5.74) is 0. The zero-order chi connectivity index (χ0) is 12.0. The molecule has 88 valence electrons. The molecule has 0 aromatic rings. The van der Waals surface area contributed by atoms with Crippen molar-refractivity contribution in [2.75, 3.05) is 0 Å². The topological polar surface area (TPSA) is 52.6 Å². The number of ether oxygens (including phenoxy) is 2. The van der Waals surface area contributed by atoms with Crippen LogP contribution in [0.3, 0.4) is 0 Å². The second-order valence-electron chi connectivity index (χ2n) is 3.83. The maximum atomic E-state index is 11.5. The van der Waals surface area contributed by atoms with Crippen LogP contribution in [0.15, 0.2) is 0 Å². The Hall–Kier alpha value is -1.06. The van der Waals surface area contributed by atoms with Crippen molar-refractivity contribution in [2.24, 2.45) is 5.92 Å². The molecule has 0 aliphatic heterocycles. The Balaban J connectivity index is 4.30. The predicted octanol–water partition coefficient (Wildman–Crippen LogP) is 1.92. The van der Waals surface area contributed by atoms with Crippen LogP contribution in [0, 0.1) is 5.92 Å². The lowest BCUT2D eigenvalue weighted by Gasteiger charge is -2.21. The number of carbonyl (C=O) groups excluding carboxylic acids is 2. The summed E-state index contributed by atoms with van der Waals surface area (Å²) >= 11 is 0. The highest BCUT2D eigenvalue weighted by molar-refractivity contribution is 5.74. The summed E-state index contributed by atoms with van der Waals surface area (Å²) in [6.45, 7) is 8.49. The molecule has 0 bridgehead atoms. The summed E-state index contributed by atoms with van der Waals surface area (Å²) in [5, 5.41) is 0. The van der Waals surface area contributed by atoms with Gasteiger partial charge in [0.15, 0.2) is 0 Å². The fourth-order valence-electron chi connectivity index (χ4n) is 1.24. The molecule has 4 heteroatoms. The highest BCUT2D eigenvalue weighted by Crippen LogP contribution is 2.14. The molecule has 1 unspecified atom stereocenters. The van der Waals surface area contributed by atoms with Gasteiger partial charge in [-0.2, -0.15) is 0 Å². The molecule has 0 heterocycles. The zero-order valence-corrected chi connectivity index (χ0v) is 10.1. The van der Waals surface area contributed by atoms with E-state index in [4.69, 9.17) is 9.47 Å². The molecule has 0 aromatic heterocycles. The van der Waals surface area contributed by atoms with E-state index in [1.807, 2.05) is 6.92 Å². The van der Waals surface area contributed by atoms with Crippen molar-refractivity contribution in [3.05, 3.63) is 0 Å². The SMILES string of the molecule is CCC(OC(C)=O)[C@@H](C)C(=O)OC(C)C. The van der Waals surface area contributed by atoms with E-state index < -0.39 is 12.0 Å². The van der Waals surface area contributed by atoms with E-state index in [2.05, 4.69) is 0 Å². The largest absolute Gasteiger partial charge is 0.463 e. The molecule has 0 amide bonds. The molecule has 0 saturated heterocycles. The molecular weight excluding hydrogens is 196 g/mol. The maximum absolute atomic E-state index is 11.5. The molecule has 0 aromatic carbocycles. The Labute approximate surface area is 90.9 Å². The van der Waals surface area contributed by atoms with Gasteiger partial charge < -0.3 is 9.47 Å². The van der Waals surface area contributed by atoms with Crippen LogP contribution in [-0.2, 0) is 19.1 Å². The molecule has 0 aliphatic rings. The van der Waals surface area contributed by atoms with E-state index in [-0.39, 0.29) is 18.0 Å². The first-order valence-electron chi connectivity index (χ1n) is 5.26. The van der Waals surface area contributed by atoms with Gasteiger partial charge in [0, 0.05) is 6.92 Å². The number of esters is 2. The first-order chi connectivity index (χ1) is 6.88. The summed E-state index contributed by atoms with van der Waals surface area (Å²) in [5.74, 6) is -1.11. The van der Waals surface area contributed by atoms with Crippen LogP contribution in [0.5, 0.6) is 0 Å². The lowest BCUT2D eigenvalue weighted by atomic mass is 10.0. The lowest BCUT2D eigenvalue weighted by Crippen LogP contribution is -2.32. The van der Waals surface area contributed by atoms with Crippen molar-refractivity contribution in [1.29, 1.82) is 0 Å². The first-order valence-corrected chi connectivity index (χ1v) is 5.26. The van der Waals surface area contributed by atoms with E-state index >= 15 is 0 Å². The van der Waals surface area contributed by atoms with E-state index in [9.17, 15) is 9.59 Å². The average molecular weight is 216 g/mol. The van der Waals surface area contributed by atoms with Crippen LogP contribution in [-0.4, -0.2) is 24.1 Å². The molecule has 0 fully saturated rings. The molecule has 0 saturated carbocycles. The summed E-state index contributed by atoms with van der Waals surface area (Å²) in [7, 11) is 0. The van der Waals surface area contributed by atoms with Crippen molar-refractivity contribution in [1.82, 2.24) is 0 Å². The summed E-state index contributed by atoms with van der Waals surface area (Å²) in [6.07, 6.45) is 0.0667. The lowest BCUT2D eigenvalue weighted by molar-refractivity contribution is -0.162. The molecular formula is C11H20O4. The van der Waals surface area contributed by atoms with Gasteiger partial charge in [0.1, 0.15) is 6.10 Å². The summed E-state index contributed by atoms with van der Waals surface area (Å²) in [4.78, 5) is 22.3. The minimum absolute atomic E-state index is 0.144. The molecule has 4 nitrogen and oxygen atoms in total. The van der Waals surface area contributed by atoms with Crippen LogP contribution in [0.2, 0.25) is 0 Å². The van der Waals surface area contributed by atoms with Crippen LogP contribution in [0.25, 0.3) is 0 Å². The second-order valence-corrected chi connectivity index (χ2v) is 3.83. The van der Waals surface area contributed by atoms with Gasteiger partial charge in [-0.05, 0) is 27.2 Å². The van der Waals surface area contributed by atoms with E-state index in [0.717, 1.165) is 0 Å². The van der Waals surface area contributed by atoms with Gasteiger partial charge in [-0.25, -0.2) is 0 Å². The summed E-state index contributed by atoms with van der Waals surface area (Å²) < 4.78 is 10.1. The van der Waals surface area contributed by atoms with Gasteiger partial charge in [0.25, 0.3) is 0 Å². The number of rotatable bonds is 5. The Morgan fingerprint density at radius 3 is 2.00 bits per heavy atom. The normalized spacial score (nSPS) is 14.5. The molecule has 0 radical (unpaired) electrons. The average Bonchev–Trinajstić information content (AvgIpc) is 2.11. The minimum atomic E-state index is -0.415. The number of hydrogen-bond acceptors (Lipinski definition) is 4. The molecule has 0 rings (SSSR count). The van der Waals surface area contributed by atoms with Gasteiger partial charge in [0.2, 0.25) is 0 Å². The third kappa shape index (κ3) is 5.40. The molecule has 2 atom stereocenters. The predicted molar refractivity (Wildman–Crippen MR) is 56.2 cm³/mol. The highest BCUT2D eigenvalue weighted by atomic mass is 16.6. The van der Waals surface area contributed by atoms with Crippen molar-refractivity contribution >= 4 is 11.9 Å². The van der Waals surface area contributed by atoms with Gasteiger partial charge >= 0.3 is 11.9 Å². The van der Waals surface area contributed by atoms with Crippen molar-refractivity contribution < 1.29 is 19.1 Å². The zero-order valence-electron chi connectivity index (χ0n) is 10.1. The molecule has 15 heavy (non-hydrogen) atoms. The second kappa shape index (κ2) is 6.43. The van der Waals surface area contributed by atoms with Crippen LogP contribution in [0.1, 0.15) is 41.0 Å². The standard InChI is InChI=1S/C11H20O4/c1-6-10(15-9(5)12)8(4)11(13)14-7(2)3/h7-8,10H,6H2,1-5H3/t8-,10?/m1/s1. The third-order valence-corrected chi connectivity index (χ3v) is 2.00. The highest BCUT2D eigenvalue weighted by Gasteiger charge is 2.26. The monoisotopic (exact) mass is 216 g/mol. The quantitative estimate of drug-likeness (QED) is 0.659. The van der Waals surface area contributed by atoms with Crippen molar-refractivity contribution in [3.63, 3.8) is 0 Å². The van der Waals surface area contributed by atoms with Gasteiger partial charge in [0.05, 0.1) is 12.0 Å². The fourth-order valence-corrected chi connectivity index (χ4v) is 1.24. The van der Waals surface area contributed by atoms with Gasteiger partial charge in [-0.15, -0.1) is 0 Å². The van der Waals surface area contributed by atoms with Gasteiger partial charge in [-0.3, -0.25) is 9.59 Å². The first kappa shape index (κ1) is 13.9. The van der Waals surface area contributed by atoms with Crippen molar-refractivity contribution in [3.8, 4) is 0 Å². The smallest absolute Gasteiger partial charge is 0.312 e. The Kier molecular flexibility index (Phi) is 5.97. The fraction of sp³-hybridized carbons (Fsp3) is 0.818. The van der Waals surface area contributed by atoms with E-state index in [1.54, 1.807) is 20.8 Å². The van der Waals surface area contributed by atoms with Gasteiger partial charge in [-0.1, -0.05) is 6.92 Å². The Morgan fingerprint density at radius 2 is 1.67 bits per heavy atom.